The summed E-state index contributed by atoms with van der Waals surface area (Å²) in [7, 11) is 0. The number of hydrogen-bond donors (Lipinski definition) is 2. The fourth-order valence-corrected chi connectivity index (χ4v) is 2.67. The molecule has 2 aromatic rings. The molecule has 2 N–H and O–H groups in total. The SMILES string of the molecule is CC(=O)Nc1ccc(C)c(NC(=O)c2nc(Cl)c(Cl)c(Cl)c2Cl)c1. The van der Waals surface area contributed by atoms with Gasteiger partial charge in [0.25, 0.3) is 5.91 Å². The third kappa shape index (κ3) is 4.11. The fraction of sp³-hybridized carbons (Fsp3) is 0.133. The van der Waals surface area contributed by atoms with Crippen molar-refractivity contribution >= 4 is 69.6 Å². The topological polar surface area (TPSA) is 71.1 Å². The number of aromatic nitrogens is 1. The first-order valence-corrected chi connectivity index (χ1v) is 8.11. The molecule has 5 nitrogen and oxygen atoms in total. The van der Waals surface area contributed by atoms with E-state index in [1.54, 1.807) is 25.1 Å². The second-order valence-electron chi connectivity index (χ2n) is 4.86. The van der Waals surface area contributed by atoms with Gasteiger partial charge in [-0.2, -0.15) is 0 Å². The number of carbonyl (C=O) groups is 2. The summed E-state index contributed by atoms with van der Waals surface area (Å²) in [5, 5.41) is 4.99. The third-order valence-electron chi connectivity index (χ3n) is 3.01. The van der Waals surface area contributed by atoms with E-state index in [4.69, 9.17) is 46.4 Å². The summed E-state index contributed by atoms with van der Waals surface area (Å²) in [4.78, 5) is 27.4. The lowest BCUT2D eigenvalue weighted by Crippen LogP contribution is -2.16. The predicted molar refractivity (Wildman–Crippen MR) is 97.7 cm³/mol. The molecule has 0 spiro atoms. The van der Waals surface area contributed by atoms with E-state index in [1.165, 1.54) is 6.92 Å². The third-order valence-corrected chi connectivity index (χ3v) is 4.68. The Hall–Kier alpha value is -1.53. The lowest BCUT2D eigenvalue weighted by molar-refractivity contribution is -0.114. The molecule has 0 radical (unpaired) electrons. The second kappa shape index (κ2) is 7.57. The zero-order valence-corrected chi connectivity index (χ0v) is 15.5. The summed E-state index contributed by atoms with van der Waals surface area (Å²) in [5.74, 6) is -0.833. The van der Waals surface area contributed by atoms with Crippen LogP contribution in [0.1, 0.15) is 23.0 Å². The second-order valence-corrected chi connectivity index (χ2v) is 6.35. The van der Waals surface area contributed by atoms with Gasteiger partial charge < -0.3 is 10.6 Å². The maximum Gasteiger partial charge on any atom is 0.275 e. The van der Waals surface area contributed by atoms with E-state index in [9.17, 15) is 9.59 Å². The van der Waals surface area contributed by atoms with Gasteiger partial charge in [-0.15, -0.1) is 0 Å². The Morgan fingerprint density at radius 1 is 1.00 bits per heavy atom. The van der Waals surface area contributed by atoms with Crippen molar-refractivity contribution < 1.29 is 9.59 Å². The quantitative estimate of drug-likeness (QED) is 0.686. The highest BCUT2D eigenvalue weighted by molar-refractivity contribution is 6.52. The molecule has 0 bridgehead atoms. The summed E-state index contributed by atoms with van der Waals surface area (Å²) >= 11 is 23.6. The smallest absolute Gasteiger partial charge is 0.275 e. The van der Waals surface area contributed by atoms with Crippen LogP contribution in [-0.4, -0.2) is 16.8 Å². The van der Waals surface area contributed by atoms with Gasteiger partial charge in [0.05, 0.1) is 15.1 Å². The van der Waals surface area contributed by atoms with Crippen LogP contribution < -0.4 is 10.6 Å². The summed E-state index contributed by atoms with van der Waals surface area (Å²) in [6.45, 7) is 3.18. The molecule has 0 atom stereocenters. The minimum Gasteiger partial charge on any atom is -0.326 e. The van der Waals surface area contributed by atoms with Crippen LogP contribution in [-0.2, 0) is 4.79 Å². The van der Waals surface area contributed by atoms with Gasteiger partial charge in [-0.3, -0.25) is 9.59 Å². The van der Waals surface area contributed by atoms with E-state index >= 15 is 0 Å². The van der Waals surface area contributed by atoms with Crippen molar-refractivity contribution in [1.29, 1.82) is 0 Å². The number of halogens is 4. The van der Waals surface area contributed by atoms with Crippen LogP contribution in [0.5, 0.6) is 0 Å². The molecular weight excluding hydrogens is 396 g/mol. The Kier molecular flexibility index (Phi) is 5.93. The Morgan fingerprint density at radius 3 is 2.29 bits per heavy atom. The number of hydrogen-bond acceptors (Lipinski definition) is 3. The summed E-state index contributed by atoms with van der Waals surface area (Å²) < 4.78 is 0. The molecule has 1 heterocycles. The van der Waals surface area contributed by atoms with Gasteiger partial charge >= 0.3 is 0 Å². The van der Waals surface area contributed by atoms with Crippen LogP contribution in [0.4, 0.5) is 11.4 Å². The van der Waals surface area contributed by atoms with Gasteiger partial charge in [-0.25, -0.2) is 4.98 Å². The molecule has 0 aliphatic heterocycles. The highest BCUT2D eigenvalue weighted by Gasteiger charge is 2.21. The van der Waals surface area contributed by atoms with Crippen molar-refractivity contribution in [1.82, 2.24) is 4.98 Å². The molecule has 0 unspecified atom stereocenters. The molecule has 0 saturated carbocycles. The van der Waals surface area contributed by atoms with Crippen molar-refractivity contribution in [3.8, 4) is 0 Å². The lowest BCUT2D eigenvalue weighted by atomic mass is 10.1. The molecule has 0 aliphatic carbocycles. The Labute approximate surface area is 158 Å². The first-order chi connectivity index (χ1) is 11.2. The zero-order valence-electron chi connectivity index (χ0n) is 12.5. The van der Waals surface area contributed by atoms with Crippen molar-refractivity contribution in [3.63, 3.8) is 0 Å². The Bertz CT molecular complexity index is 840. The highest BCUT2D eigenvalue weighted by atomic mass is 35.5. The van der Waals surface area contributed by atoms with Crippen LogP contribution in [0, 0.1) is 6.92 Å². The average molecular weight is 407 g/mol. The first-order valence-electron chi connectivity index (χ1n) is 6.60. The zero-order chi connectivity index (χ0) is 18.0. The number of rotatable bonds is 3. The largest absolute Gasteiger partial charge is 0.326 e. The van der Waals surface area contributed by atoms with Crippen LogP contribution in [0.15, 0.2) is 18.2 Å². The average Bonchev–Trinajstić information content (AvgIpc) is 2.51. The van der Waals surface area contributed by atoms with Gasteiger partial charge in [0, 0.05) is 18.3 Å². The molecule has 1 aromatic carbocycles. The van der Waals surface area contributed by atoms with Crippen molar-refractivity contribution in [2.45, 2.75) is 13.8 Å². The number of amides is 2. The maximum atomic E-state index is 12.4. The Balaban J connectivity index is 2.35. The van der Waals surface area contributed by atoms with Crippen molar-refractivity contribution in [2.75, 3.05) is 10.6 Å². The van der Waals surface area contributed by atoms with E-state index in [0.29, 0.717) is 11.4 Å². The van der Waals surface area contributed by atoms with E-state index in [1.807, 2.05) is 0 Å². The number of pyridine rings is 1. The fourth-order valence-electron chi connectivity index (χ4n) is 1.86. The molecule has 2 amide bonds. The molecule has 9 heteroatoms. The van der Waals surface area contributed by atoms with Gasteiger partial charge in [-0.1, -0.05) is 52.5 Å². The molecule has 126 valence electrons. The monoisotopic (exact) mass is 405 g/mol. The number of anilines is 2. The number of carbonyl (C=O) groups excluding carboxylic acids is 2. The molecule has 24 heavy (non-hydrogen) atoms. The maximum absolute atomic E-state index is 12.4. The summed E-state index contributed by atoms with van der Waals surface area (Å²) in [5.41, 5.74) is 1.64. The summed E-state index contributed by atoms with van der Waals surface area (Å²) in [6.07, 6.45) is 0. The highest BCUT2D eigenvalue weighted by Crippen LogP contribution is 2.36. The van der Waals surface area contributed by atoms with E-state index < -0.39 is 5.91 Å². The number of benzene rings is 1. The molecule has 1 aromatic heterocycles. The number of nitrogens with one attached hydrogen (secondary N) is 2. The minimum absolute atomic E-state index is 0.0243. The molecule has 0 aliphatic rings. The van der Waals surface area contributed by atoms with Crippen LogP contribution in [0.2, 0.25) is 20.2 Å². The van der Waals surface area contributed by atoms with Crippen molar-refractivity contribution in [2.24, 2.45) is 0 Å². The molecule has 2 rings (SSSR count). The van der Waals surface area contributed by atoms with Gasteiger partial charge in [0.15, 0.2) is 0 Å². The van der Waals surface area contributed by atoms with Gasteiger partial charge in [0.2, 0.25) is 5.91 Å². The molecule has 0 saturated heterocycles. The summed E-state index contributed by atoms with van der Waals surface area (Å²) in [6, 6.07) is 5.08. The molecule has 0 fully saturated rings. The normalized spacial score (nSPS) is 10.4. The lowest BCUT2D eigenvalue weighted by Gasteiger charge is -2.12. The predicted octanol–water partition coefficient (Wildman–Crippen LogP) is 5.21. The first kappa shape index (κ1) is 18.8. The number of nitrogens with zero attached hydrogens (tertiary/aromatic N) is 1. The number of aryl methyl sites for hydroxylation is 1. The van der Waals surface area contributed by atoms with E-state index in [2.05, 4.69) is 15.6 Å². The van der Waals surface area contributed by atoms with Crippen LogP contribution >= 0.6 is 46.4 Å². The Morgan fingerprint density at radius 2 is 1.67 bits per heavy atom. The van der Waals surface area contributed by atoms with Gasteiger partial charge in [-0.05, 0) is 24.6 Å². The standard InChI is InChI=1S/C15H11Cl4N3O2/c1-6-3-4-8(20-7(2)23)5-9(6)21-15(24)13-11(17)10(16)12(18)14(19)22-13/h3-5H,1-2H3,(H,20,23)(H,21,24). The van der Waals surface area contributed by atoms with Crippen molar-refractivity contribution in [3.05, 3.63) is 49.7 Å². The van der Waals surface area contributed by atoms with E-state index in [0.717, 1.165) is 5.56 Å². The van der Waals surface area contributed by atoms with E-state index in [-0.39, 0.29) is 31.8 Å². The van der Waals surface area contributed by atoms with Crippen LogP contribution in [0.25, 0.3) is 0 Å². The van der Waals surface area contributed by atoms with Crippen LogP contribution in [0.3, 0.4) is 0 Å². The van der Waals surface area contributed by atoms with Gasteiger partial charge in [0.1, 0.15) is 10.8 Å². The molecular formula is C15H11Cl4N3O2. The minimum atomic E-state index is -0.608.